The van der Waals surface area contributed by atoms with Gasteiger partial charge in [-0.25, -0.2) is 0 Å². The lowest BCUT2D eigenvalue weighted by Crippen LogP contribution is -2.31. The van der Waals surface area contributed by atoms with E-state index in [2.05, 4.69) is 24.5 Å². The van der Waals surface area contributed by atoms with E-state index in [1.807, 2.05) is 6.92 Å². The lowest BCUT2D eigenvalue weighted by molar-refractivity contribution is -0.126. The van der Waals surface area contributed by atoms with Crippen LogP contribution in [0.25, 0.3) is 0 Å². The molecule has 0 fully saturated rings. The first-order chi connectivity index (χ1) is 26.1. The number of hydrogen-bond acceptors (Lipinski definition) is 2. The van der Waals surface area contributed by atoms with Crippen molar-refractivity contribution in [2.24, 2.45) is 5.92 Å². The van der Waals surface area contributed by atoms with Crippen molar-refractivity contribution in [2.75, 3.05) is 13.1 Å². The normalized spacial score (nSPS) is 11.5. The molecule has 0 atom stereocenters. The zero-order chi connectivity index (χ0) is 38.6. The third-order valence-electron chi connectivity index (χ3n) is 11.7. The van der Waals surface area contributed by atoms with Gasteiger partial charge in [-0.3, -0.25) is 9.59 Å². The Balaban J connectivity index is 3.97. The Hall–Kier alpha value is -1.06. The summed E-state index contributed by atoms with van der Waals surface area (Å²) in [5, 5.41) is 6.08. The molecule has 4 nitrogen and oxygen atoms in total. The van der Waals surface area contributed by atoms with E-state index in [-0.39, 0.29) is 11.8 Å². The van der Waals surface area contributed by atoms with E-state index in [4.69, 9.17) is 0 Å². The van der Waals surface area contributed by atoms with E-state index in [0.29, 0.717) is 25.3 Å². The molecule has 0 aromatic rings. The van der Waals surface area contributed by atoms with Crippen molar-refractivity contribution in [2.45, 2.75) is 284 Å². The largest absolute Gasteiger partial charge is 0.356 e. The Labute approximate surface area is 334 Å². The van der Waals surface area contributed by atoms with E-state index in [0.717, 1.165) is 13.0 Å². The molecular weight excluding hydrogens is 649 g/mol. The molecule has 0 rings (SSSR count). The number of unbranched alkanes of at least 4 members (excludes halogenated alkanes) is 34. The van der Waals surface area contributed by atoms with E-state index >= 15 is 0 Å². The van der Waals surface area contributed by atoms with Crippen LogP contribution in [-0.2, 0) is 9.59 Å². The van der Waals surface area contributed by atoms with Gasteiger partial charge in [-0.05, 0) is 25.2 Å². The van der Waals surface area contributed by atoms with E-state index in [9.17, 15) is 9.59 Å². The summed E-state index contributed by atoms with van der Waals surface area (Å²) in [6.45, 7) is 8.13. The number of carbonyl (C=O) groups excluding carboxylic acids is 2. The maximum Gasteiger partial charge on any atom is 0.220 e. The number of carbonyl (C=O) groups is 2. The van der Waals surface area contributed by atoms with Crippen LogP contribution in [0.3, 0.4) is 0 Å². The van der Waals surface area contributed by atoms with Crippen LogP contribution in [0.4, 0.5) is 0 Å². The Kier molecular flexibility index (Phi) is 44.4. The Morgan fingerprint density at radius 1 is 0.321 bits per heavy atom. The lowest BCUT2D eigenvalue weighted by Gasteiger charge is -2.18. The summed E-state index contributed by atoms with van der Waals surface area (Å²) in [6, 6.07) is 0. The summed E-state index contributed by atoms with van der Waals surface area (Å²) in [7, 11) is 0. The topological polar surface area (TPSA) is 58.2 Å². The van der Waals surface area contributed by atoms with Crippen LogP contribution in [0.2, 0.25) is 0 Å². The monoisotopic (exact) mass is 747 g/mol. The van der Waals surface area contributed by atoms with Gasteiger partial charge in [0.2, 0.25) is 11.8 Å². The summed E-state index contributed by atoms with van der Waals surface area (Å²) < 4.78 is 0. The number of nitrogens with one attached hydrogen (secondary N) is 2. The molecular formula is C49H98N2O2. The molecule has 0 aliphatic rings. The summed E-state index contributed by atoms with van der Waals surface area (Å²) in [4.78, 5) is 24.5. The van der Waals surface area contributed by atoms with Gasteiger partial charge >= 0.3 is 0 Å². The first-order valence-corrected chi connectivity index (χ1v) is 24.7. The summed E-state index contributed by atoms with van der Waals surface area (Å²) >= 11 is 0. The fourth-order valence-corrected chi connectivity index (χ4v) is 7.94. The van der Waals surface area contributed by atoms with Crippen LogP contribution in [-0.4, -0.2) is 24.9 Å². The zero-order valence-corrected chi connectivity index (χ0v) is 36.8. The maximum atomic E-state index is 12.5. The lowest BCUT2D eigenvalue weighted by atomic mass is 9.93. The molecule has 2 amide bonds. The van der Waals surface area contributed by atoms with Crippen molar-refractivity contribution < 1.29 is 9.59 Å². The molecule has 0 heterocycles. The fraction of sp³-hybridized carbons (Fsp3) is 0.959. The average molecular weight is 747 g/mol. The molecule has 0 saturated heterocycles. The van der Waals surface area contributed by atoms with Gasteiger partial charge in [0.1, 0.15) is 0 Å². The smallest absolute Gasteiger partial charge is 0.220 e. The first kappa shape index (κ1) is 51.9. The molecule has 0 bridgehead atoms. The van der Waals surface area contributed by atoms with Gasteiger partial charge in [0.15, 0.2) is 0 Å². The molecule has 0 unspecified atom stereocenters. The molecule has 0 aliphatic carbocycles. The highest BCUT2D eigenvalue weighted by Gasteiger charge is 2.12. The SMILES string of the molecule is CCCCCCCCCCCCCCCCCCCCC(CCCCCCCCCCCCCCCCCCCC)CNC(=O)CCC(=O)NCCC. The van der Waals surface area contributed by atoms with Crippen LogP contribution in [0, 0.1) is 5.92 Å². The number of hydrogen-bond donors (Lipinski definition) is 2. The van der Waals surface area contributed by atoms with E-state index < -0.39 is 0 Å². The minimum absolute atomic E-state index is 0.00356. The molecule has 0 aromatic heterocycles. The maximum absolute atomic E-state index is 12.5. The first-order valence-electron chi connectivity index (χ1n) is 24.7. The second kappa shape index (κ2) is 45.3. The second-order valence-corrected chi connectivity index (χ2v) is 17.1. The van der Waals surface area contributed by atoms with Crippen molar-refractivity contribution in [1.82, 2.24) is 10.6 Å². The second-order valence-electron chi connectivity index (χ2n) is 17.1. The highest BCUT2D eigenvalue weighted by molar-refractivity contribution is 5.83. The van der Waals surface area contributed by atoms with Gasteiger partial charge in [0.25, 0.3) is 0 Å². The summed E-state index contributed by atoms with van der Waals surface area (Å²) in [6.07, 6.45) is 54.9. The number of rotatable bonds is 45. The van der Waals surface area contributed by atoms with Crippen LogP contribution < -0.4 is 10.6 Å². The van der Waals surface area contributed by atoms with Gasteiger partial charge in [0.05, 0.1) is 0 Å². The molecule has 0 radical (unpaired) electrons. The van der Waals surface area contributed by atoms with Crippen molar-refractivity contribution in [3.05, 3.63) is 0 Å². The molecule has 4 heteroatoms. The van der Waals surface area contributed by atoms with Gasteiger partial charge < -0.3 is 10.6 Å². The van der Waals surface area contributed by atoms with Crippen molar-refractivity contribution in [1.29, 1.82) is 0 Å². The van der Waals surface area contributed by atoms with Gasteiger partial charge in [0, 0.05) is 25.9 Å². The molecule has 0 aromatic carbocycles. The Morgan fingerprint density at radius 3 is 0.830 bits per heavy atom. The Bertz CT molecular complexity index is 685. The average Bonchev–Trinajstić information content (AvgIpc) is 3.16. The van der Waals surface area contributed by atoms with Crippen LogP contribution >= 0.6 is 0 Å². The predicted molar refractivity (Wildman–Crippen MR) is 236 cm³/mol. The minimum Gasteiger partial charge on any atom is -0.356 e. The highest BCUT2D eigenvalue weighted by Crippen LogP contribution is 2.20. The fourth-order valence-electron chi connectivity index (χ4n) is 7.94. The standard InChI is InChI=1S/C49H98N2O2/c1-4-7-9-11-13-15-17-19-21-23-25-27-29-31-33-35-37-39-41-47(46-51-49(53)44-43-48(52)50-45-6-3)42-40-38-36-34-32-30-28-26-24-22-20-18-16-14-12-10-8-5-2/h47H,4-46H2,1-3H3,(H,50,52)(H,51,53). The third-order valence-corrected chi connectivity index (χ3v) is 11.7. The molecule has 0 saturated carbocycles. The minimum atomic E-state index is -0.00356. The highest BCUT2D eigenvalue weighted by atomic mass is 16.2. The molecule has 0 spiro atoms. The zero-order valence-electron chi connectivity index (χ0n) is 36.8. The molecule has 2 N–H and O–H groups in total. The van der Waals surface area contributed by atoms with Crippen LogP contribution in [0.15, 0.2) is 0 Å². The predicted octanol–water partition coefficient (Wildman–Crippen LogP) is 15.9. The van der Waals surface area contributed by atoms with Gasteiger partial charge in [-0.15, -0.1) is 0 Å². The summed E-state index contributed by atoms with van der Waals surface area (Å²) in [5.74, 6) is 0.614. The Morgan fingerprint density at radius 2 is 0.566 bits per heavy atom. The van der Waals surface area contributed by atoms with Crippen molar-refractivity contribution >= 4 is 11.8 Å². The van der Waals surface area contributed by atoms with Crippen molar-refractivity contribution in [3.63, 3.8) is 0 Å². The van der Waals surface area contributed by atoms with Crippen LogP contribution in [0.5, 0.6) is 0 Å². The van der Waals surface area contributed by atoms with Gasteiger partial charge in [-0.2, -0.15) is 0 Å². The van der Waals surface area contributed by atoms with Crippen LogP contribution in [0.1, 0.15) is 284 Å². The van der Waals surface area contributed by atoms with Gasteiger partial charge in [-0.1, -0.05) is 252 Å². The third kappa shape index (κ3) is 43.5. The van der Waals surface area contributed by atoms with E-state index in [1.54, 1.807) is 0 Å². The molecule has 53 heavy (non-hydrogen) atoms. The quantitative estimate of drug-likeness (QED) is 0.0610. The molecule has 316 valence electrons. The van der Waals surface area contributed by atoms with Crippen molar-refractivity contribution in [3.8, 4) is 0 Å². The number of amides is 2. The van der Waals surface area contributed by atoms with E-state index in [1.165, 1.54) is 244 Å². The summed E-state index contributed by atoms with van der Waals surface area (Å²) in [5.41, 5.74) is 0. The molecule has 0 aliphatic heterocycles.